The van der Waals surface area contributed by atoms with Crippen LogP contribution in [-0.2, 0) is 24.9 Å². The van der Waals surface area contributed by atoms with Crippen molar-refractivity contribution in [1.29, 1.82) is 0 Å². The van der Waals surface area contributed by atoms with Crippen molar-refractivity contribution in [2.45, 2.75) is 77.6 Å². The summed E-state index contributed by atoms with van der Waals surface area (Å²) in [4.78, 5) is 6.17. The number of halogens is 1. The Morgan fingerprint density at radius 2 is 2.13 bits per heavy atom. The van der Waals surface area contributed by atoms with E-state index in [9.17, 15) is 0 Å². The average molecular weight is 559 g/mol. The lowest BCUT2D eigenvalue weighted by Gasteiger charge is -2.58. The fourth-order valence-corrected chi connectivity index (χ4v) is 5.55. The smallest absolute Gasteiger partial charge is 0.192 e. The molecule has 2 aliphatic rings. The van der Waals surface area contributed by atoms with Gasteiger partial charge < -0.3 is 19.9 Å². The Morgan fingerprint density at radius 3 is 2.77 bits per heavy atom. The molecule has 2 saturated carbocycles. The summed E-state index contributed by atoms with van der Waals surface area (Å²) in [5, 5.41) is 17.8. The molecule has 2 heterocycles. The number of ether oxygens (including phenoxy) is 1. The predicted octanol–water partition coefficient (Wildman–Crippen LogP) is 4.17. The zero-order valence-electron chi connectivity index (χ0n) is 18.8. The van der Waals surface area contributed by atoms with Crippen molar-refractivity contribution in [1.82, 2.24) is 25.4 Å². The summed E-state index contributed by atoms with van der Waals surface area (Å²) < 4.78 is 8.13. The van der Waals surface area contributed by atoms with E-state index in [4.69, 9.17) is 9.73 Å². The Labute approximate surface area is 206 Å². The molecule has 0 aromatic carbocycles. The number of aryl methyl sites for hydroxylation is 1. The molecule has 1 spiro atoms. The van der Waals surface area contributed by atoms with Gasteiger partial charge in [-0.05, 0) is 44.6 Å². The maximum Gasteiger partial charge on any atom is 0.192 e. The molecule has 4 rings (SSSR count). The van der Waals surface area contributed by atoms with Gasteiger partial charge in [-0.15, -0.1) is 45.5 Å². The lowest BCUT2D eigenvalue weighted by Crippen LogP contribution is -2.66. The molecule has 2 N–H and O–H groups in total. The van der Waals surface area contributed by atoms with Crippen LogP contribution in [0.2, 0.25) is 0 Å². The summed E-state index contributed by atoms with van der Waals surface area (Å²) in [5.74, 6) is 2.63. The largest absolute Gasteiger partial charge is 0.378 e. The third kappa shape index (κ3) is 5.42. The molecule has 2 atom stereocenters. The highest BCUT2D eigenvalue weighted by atomic mass is 127. The van der Waals surface area contributed by atoms with Crippen molar-refractivity contribution in [3.63, 3.8) is 0 Å². The molecule has 31 heavy (non-hydrogen) atoms. The van der Waals surface area contributed by atoms with E-state index in [0.29, 0.717) is 18.7 Å². The summed E-state index contributed by atoms with van der Waals surface area (Å²) in [6.07, 6.45) is 7.86. The standard InChI is InChI=1S/C22H34N6OS.HI/c1-4-29-19-13-18(22(19)10-6-5-7-11-22)25-21(23-14-17-9-8-12-30-17)24-15-20-27-26-16(2)28(20)3;/h8-9,12,18-19H,4-7,10-11,13-15H2,1-3H3,(H2,23,24,25);1H. The first-order valence-electron chi connectivity index (χ1n) is 11.2. The first-order valence-corrected chi connectivity index (χ1v) is 12.0. The van der Waals surface area contributed by atoms with Crippen molar-refractivity contribution in [3.05, 3.63) is 34.0 Å². The van der Waals surface area contributed by atoms with Gasteiger partial charge in [0.25, 0.3) is 0 Å². The van der Waals surface area contributed by atoms with Crippen LogP contribution < -0.4 is 10.6 Å². The van der Waals surface area contributed by atoms with E-state index >= 15 is 0 Å². The van der Waals surface area contributed by atoms with Crippen LogP contribution in [0, 0.1) is 12.3 Å². The summed E-state index contributed by atoms with van der Waals surface area (Å²) in [7, 11) is 1.99. The van der Waals surface area contributed by atoms with Crippen LogP contribution in [0.15, 0.2) is 22.5 Å². The monoisotopic (exact) mass is 558 g/mol. The number of guanidine groups is 1. The van der Waals surface area contributed by atoms with Gasteiger partial charge in [-0.25, -0.2) is 4.99 Å². The molecule has 0 amide bonds. The lowest BCUT2D eigenvalue weighted by atomic mass is 9.55. The van der Waals surface area contributed by atoms with E-state index in [-0.39, 0.29) is 29.4 Å². The van der Waals surface area contributed by atoms with E-state index in [2.05, 4.69) is 45.3 Å². The van der Waals surface area contributed by atoms with Gasteiger partial charge in [0.15, 0.2) is 11.8 Å². The quantitative estimate of drug-likeness (QED) is 0.303. The van der Waals surface area contributed by atoms with Crippen molar-refractivity contribution in [2.24, 2.45) is 17.5 Å². The van der Waals surface area contributed by atoms with Crippen molar-refractivity contribution in [2.75, 3.05) is 6.61 Å². The first kappa shape index (κ1) is 24.4. The molecule has 0 radical (unpaired) electrons. The highest BCUT2D eigenvalue weighted by Gasteiger charge is 2.55. The van der Waals surface area contributed by atoms with E-state index in [0.717, 1.165) is 37.2 Å². The third-order valence-electron chi connectivity index (χ3n) is 6.82. The topological polar surface area (TPSA) is 76.4 Å². The van der Waals surface area contributed by atoms with Crippen molar-refractivity contribution in [3.8, 4) is 0 Å². The molecule has 0 aliphatic heterocycles. The molecule has 2 aromatic rings. The van der Waals surface area contributed by atoms with Crippen LogP contribution in [0.3, 0.4) is 0 Å². The van der Waals surface area contributed by atoms with Crippen LogP contribution >= 0.6 is 35.3 Å². The van der Waals surface area contributed by atoms with Gasteiger partial charge in [0, 0.05) is 30.0 Å². The van der Waals surface area contributed by atoms with Gasteiger partial charge in [-0.1, -0.05) is 25.3 Å². The molecule has 2 fully saturated rings. The number of rotatable bonds is 7. The van der Waals surface area contributed by atoms with Gasteiger partial charge in [0.2, 0.25) is 0 Å². The SMILES string of the molecule is CCOC1CC(NC(=NCc2nnc(C)n2C)NCc2cccs2)C12CCCCC2.I. The highest BCUT2D eigenvalue weighted by molar-refractivity contribution is 14.0. The van der Waals surface area contributed by atoms with E-state index < -0.39 is 0 Å². The first-order chi connectivity index (χ1) is 14.6. The van der Waals surface area contributed by atoms with Gasteiger partial charge in [0.05, 0.1) is 12.6 Å². The Kier molecular flexibility index (Phi) is 8.74. The maximum atomic E-state index is 6.13. The van der Waals surface area contributed by atoms with Gasteiger partial charge >= 0.3 is 0 Å². The third-order valence-corrected chi connectivity index (χ3v) is 7.70. The molecule has 2 aliphatic carbocycles. The minimum Gasteiger partial charge on any atom is -0.378 e. The molecule has 9 heteroatoms. The molecule has 0 bridgehead atoms. The number of aromatic nitrogens is 3. The zero-order chi connectivity index (χ0) is 21.0. The van der Waals surface area contributed by atoms with E-state index in [1.54, 1.807) is 11.3 Å². The summed E-state index contributed by atoms with van der Waals surface area (Å²) in [6.45, 7) is 6.14. The normalized spacial score (nSPS) is 22.6. The Morgan fingerprint density at radius 1 is 1.32 bits per heavy atom. The van der Waals surface area contributed by atoms with Crippen LogP contribution in [0.1, 0.15) is 62.0 Å². The fraction of sp³-hybridized carbons (Fsp3) is 0.682. The average Bonchev–Trinajstić information content (AvgIpc) is 3.40. The fourth-order valence-electron chi connectivity index (χ4n) is 4.91. The number of aliphatic imine (C=N–C) groups is 1. The second-order valence-electron chi connectivity index (χ2n) is 8.49. The number of thiophene rings is 1. The minimum absolute atomic E-state index is 0. The molecule has 2 aromatic heterocycles. The second kappa shape index (κ2) is 11.1. The Hall–Kier alpha value is -1.20. The Balaban J connectivity index is 0.00000272. The molecular weight excluding hydrogens is 523 g/mol. The summed E-state index contributed by atoms with van der Waals surface area (Å²) >= 11 is 1.76. The van der Waals surface area contributed by atoms with Crippen LogP contribution in [0.4, 0.5) is 0 Å². The van der Waals surface area contributed by atoms with Gasteiger partial charge in [0.1, 0.15) is 12.4 Å². The lowest BCUT2D eigenvalue weighted by molar-refractivity contribution is -0.145. The van der Waals surface area contributed by atoms with Crippen LogP contribution in [-0.4, -0.2) is 39.5 Å². The van der Waals surface area contributed by atoms with Crippen molar-refractivity contribution < 1.29 is 4.74 Å². The number of hydrogen-bond acceptors (Lipinski definition) is 5. The van der Waals surface area contributed by atoms with Crippen molar-refractivity contribution >= 4 is 41.3 Å². The van der Waals surface area contributed by atoms with Crippen LogP contribution in [0.5, 0.6) is 0 Å². The maximum absolute atomic E-state index is 6.13. The predicted molar refractivity (Wildman–Crippen MR) is 136 cm³/mol. The highest BCUT2D eigenvalue weighted by Crippen LogP contribution is 2.53. The Bertz CT molecular complexity index is 846. The van der Waals surface area contributed by atoms with E-state index in [1.165, 1.54) is 37.0 Å². The molecule has 172 valence electrons. The summed E-state index contributed by atoms with van der Waals surface area (Å²) in [6, 6.07) is 4.65. The van der Waals surface area contributed by atoms with Gasteiger partial charge in [-0.3, -0.25) is 0 Å². The zero-order valence-corrected chi connectivity index (χ0v) is 21.9. The summed E-state index contributed by atoms with van der Waals surface area (Å²) in [5.41, 5.74) is 0.251. The second-order valence-corrected chi connectivity index (χ2v) is 9.52. The molecular formula is C22H35IN6OS. The molecule has 7 nitrogen and oxygen atoms in total. The minimum atomic E-state index is 0. The van der Waals surface area contributed by atoms with Crippen LogP contribution in [0.25, 0.3) is 0 Å². The van der Waals surface area contributed by atoms with Gasteiger partial charge in [-0.2, -0.15) is 0 Å². The van der Waals surface area contributed by atoms with E-state index in [1.807, 2.05) is 18.5 Å². The molecule has 2 unspecified atom stereocenters. The number of hydrogen-bond donors (Lipinski definition) is 2. The number of nitrogens with zero attached hydrogens (tertiary/aromatic N) is 4. The molecule has 0 saturated heterocycles. The number of nitrogens with one attached hydrogen (secondary N) is 2.